The molecule has 0 spiro atoms. The number of aliphatic hydroxyl groups is 1. The summed E-state index contributed by atoms with van der Waals surface area (Å²) < 4.78 is 6.98. The summed E-state index contributed by atoms with van der Waals surface area (Å²) in [5, 5.41) is 17.6. The second-order valence-corrected chi connectivity index (χ2v) is 4.11. The van der Waals surface area contributed by atoms with E-state index in [2.05, 4.69) is 10.4 Å². The molecule has 0 aromatic carbocycles. The van der Waals surface area contributed by atoms with Crippen molar-refractivity contribution in [2.45, 2.75) is 38.5 Å². The van der Waals surface area contributed by atoms with Gasteiger partial charge in [0.1, 0.15) is 11.8 Å². The van der Waals surface area contributed by atoms with Crippen LogP contribution in [-0.2, 0) is 6.54 Å². The number of nitrogens with zero attached hydrogens (tertiary/aromatic N) is 2. The molecule has 1 aromatic heterocycles. The molecule has 1 fully saturated rings. The predicted molar refractivity (Wildman–Crippen MR) is 60.4 cm³/mol. The molecule has 2 N–H and O–H groups in total. The molecule has 0 saturated heterocycles. The van der Waals surface area contributed by atoms with Gasteiger partial charge in [0.2, 0.25) is 0 Å². The minimum Gasteiger partial charge on any atom is -0.493 e. The molecule has 1 saturated carbocycles. The molecule has 5 nitrogen and oxygen atoms in total. The fraction of sp³-hybridized carbons (Fsp3) is 0.727. The number of ether oxygens (including phenoxy) is 1. The Morgan fingerprint density at radius 3 is 3.00 bits per heavy atom. The molecule has 1 unspecified atom stereocenters. The molecule has 1 aliphatic carbocycles. The molecule has 1 heterocycles. The number of aromatic nitrogens is 2. The molecule has 2 rings (SSSR count). The van der Waals surface area contributed by atoms with E-state index in [9.17, 15) is 5.11 Å². The van der Waals surface area contributed by atoms with Crippen LogP contribution in [0.3, 0.4) is 0 Å². The van der Waals surface area contributed by atoms with E-state index in [1.807, 2.05) is 6.92 Å². The van der Waals surface area contributed by atoms with Gasteiger partial charge in [-0.25, -0.2) is 0 Å². The van der Waals surface area contributed by atoms with Crippen molar-refractivity contribution in [3.63, 3.8) is 0 Å². The Bertz CT molecular complexity index is 325. The molecule has 1 atom stereocenters. The first-order valence-electron chi connectivity index (χ1n) is 5.77. The van der Waals surface area contributed by atoms with Gasteiger partial charge in [0.15, 0.2) is 5.75 Å². The van der Waals surface area contributed by atoms with Crippen molar-refractivity contribution in [3.05, 3.63) is 11.9 Å². The first-order valence-corrected chi connectivity index (χ1v) is 5.77. The van der Waals surface area contributed by atoms with E-state index < -0.39 is 6.10 Å². The third-order valence-electron chi connectivity index (χ3n) is 2.86. The van der Waals surface area contributed by atoms with E-state index in [4.69, 9.17) is 4.74 Å². The molecule has 0 amide bonds. The summed E-state index contributed by atoms with van der Waals surface area (Å²) in [4.78, 5) is 0. The Labute approximate surface area is 95.4 Å². The van der Waals surface area contributed by atoms with Crippen LogP contribution in [0.1, 0.15) is 31.6 Å². The van der Waals surface area contributed by atoms with Crippen LogP contribution in [0.25, 0.3) is 0 Å². The zero-order valence-electron chi connectivity index (χ0n) is 9.81. The van der Waals surface area contributed by atoms with E-state index in [0.717, 1.165) is 12.2 Å². The minimum absolute atomic E-state index is 0.557. The van der Waals surface area contributed by atoms with Crippen LogP contribution in [0.15, 0.2) is 6.20 Å². The topological polar surface area (TPSA) is 59.3 Å². The van der Waals surface area contributed by atoms with E-state index in [1.165, 1.54) is 12.8 Å². The number of nitrogens with one attached hydrogen (secondary N) is 1. The highest BCUT2D eigenvalue weighted by Crippen LogP contribution is 2.26. The lowest BCUT2D eigenvalue weighted by atomic mass is 10.2. The largest absolute Gasteiger partial charge is 0.493 e. The van der Waals surface area contributed by atoms with Gasteiger partial charge in [0.05, 0.1) is 13.3 Å². The zero-order valence-corrected chi connectivity index (χ0v) is 9.81. The fourth-order valence-corrected chi connectivity index (χ4v) is 1.79. The van der Waals surface area contributed by atoms with Gasteiger partial charge in [-0.3, -0.25) is 4.68 Å². The summed E-state index contributed by atoms with van der Waals surface area (Å²) in [6.07, 6.45) is 3.53. The van der Waals surface area contributed by atoms with E-state index in [0.29, 0.717) is 18.3 Å². The Balaban J connectivity index is 2.05. The van der Waals surface area contributed by atoms with Crippen LogP contribution in [0.4, 0.5) is 0 Å². The van der Waals surface area contributed by atoms with Crippen LogP contribution in [0.5, 0.6) is 5.75 Å². The van der Waals surface area contributed by atoms with Crippen molar-refractivity contribution in [1.82, 2.24) is 15.1 Å². The van der Waals surface area contributed by atoms with Crippen molar-refractivity contribution in [2.24, 2.45) is 0 Å². The fourth-order valence-electron chi connectivity index (χ4n) is 1.79. The number of rotatable bonds is 6. The van der Waals surface area contributed by atoms with Crippen LogP contribution in [0.2, 0.25) is 0 Å². The summed E-state index contributed by atoms with van der Waals surface area (Å²) >= 11 is 0. The van der Waals surface area contributed by atoms with Gasteiger partial charge in [-0.1, -0.05) is 0 Å². The van der Waals surface area contributed by atoms with Crippen LogP contribution < -0.4 is 10.1 Å². The Kier molecular flexibility index (Phi) is 3.46. The van der Waals surface area contributed by atoms with Crippen molar-refractivity contribution in [3.8, 4) is 5.75 Å². The maximum absolute atomic E-state index is 10.1. The smallest absolute Gasteiger partial charge is 0.162 e. The quantitative estimate of drug-likeness (QED) is 0.748. The molecule has 0 aliphatic heterocycles. The summed E-state index contributed by atoms with van der Waals surface area (Å²) in [6.45, 7) is 3.29. The lowest BCUT2D eigenvalue weighted by molar-refractivity contribution is 0.159. The van der Waals surface area contributed by atoms with E-state index >= 15 is 0 Å². The molecule has 0 radical (unpaired) electrons. The van der Waals surface area contributed by atoms with Crippen LogP contribution in [-0.4, -0.2) is 34.6 Å². The molecular weight excluding hydrogens is 206 g/mol. The predicted octanol–water partition coefficient (Wildman–Crippen LogP) is 0.697. The van der Waals surface area contributed by atoms with Crippen molar-refractivity contribution < 1.29 is 9.84 Å². The van der Waals surface area contributed by atoms with Gasteiger partial charge >= 0.3 is 0 Å². The van der Waals surface area contributed by atoms with Gasteiger partial charge in [0.25, 0.3) is 0 Å². The standard InChI is InChI=1S/C11H19N3O2/c1-3-14-11(10(16-2)7-13-14)9(15)6-12-8-4-5-8/h7-9,12,15H,3-6H2,1-2H3. The summed E-state index contributed by atoms with van der Waals surface area (Å²) in [5.74, 6) is 0.659. The highest BCUT2D eigenvalue weighted by molar-refractivity contribution is 5.27. The Morgan fingerprint density at radius 1 is 1.69 bits per heavy atom. The molecule has 5 heteroatoms. The Morgan fingerprint density at radius 2 is 2.44 bits per heavy atom. The third-order valence-corrected chi connectivity index (χ3v) is 2.86. The normalized spacial score (nSPS) is 17.4. The average Bonchev–Trinajstić information content (AvgIpc) is 3.03. The Hall–Kier alpha value is -1.07. The van der Waals surface area contributed by atoms with Crippen molar-refractivity contribution in [2.75, 3.05) is 13.7 Å². The monoisotopic (exact) mass is 225 g/mol. The number of hydrogen-bond acceptors (Lipinski definition) is 4. The van der Waals surface area contributed by atoms with Crippen molar-refractivity contribution in [1.29, 1.82) is 0 Å². The maximum Gasteiger partial charge on any atom is 0.162 e. The summed E-state index contributed by atoms with van der Waals surface area (Å²) in [6, 6.07) is 0.596. The van der Waals surface area contributed by atoms with Gasteiger partial charge < -0.3 is 15.2 Å². The lowest BCUT2D eigenvalue weighted by Crippen LogP contribution is -2.25. The molecule has 1 aromatic rings. The number of hydrogen-bond donors (Lipinski definition) is 2. The maximum atomic E-state index is 10.1. The molecular formula is C11H19N3O2. The second kappa shape index (κ2) is 4.84. The highest BCUT2D eigenvalue weighted by atomic mass is 16.5. The van der Waals surface area contributed by atoms with E-state index in [-0.39, 0.29) is 0 Å². The first-order chi connectivity index (χ1) is 7.76. The van der Waals surface area contributed by atoms with Crippen molar-refractivity contribution >= 4 is 0 Å². The summed E-state index contributed by atoms with van der Waals surface area (Å²) in [5.41, 5.74) is 0.762. The highest BCUT2D eigenvalue weighted by Gasteiger charge is 2.24. The molecule has 16 heavy (non-hydrogen) atoms. The summed E-state index contributed by atoms with van der Waals surface area (Å²) in [7, 11) is 1.60. The van der Waals surface area contributed by atoms with Crippen LogP contribution in [0, 0.1) is 0 Å². The number of aliphatic hydroxyl groups excluding tert-OH is 1. The van der Waals surface area contributed by atoms with Crippen LogP contribution >= 0.6 is 0 Å². The van der Waals surface area contributed by atoms with Gasteiger partial charge in [-0.2, -0.15) is 5.10 Å². The average molecular weight is 225 g/mol. The second-order valence-electron chi connectivity index (χ2n) is 4.11. The van der Waals surface area contributed by atoms with E-state index in [1.54, 1.807) is 18.0 Å². The minimum atomic E-state index is -0.557. The first kappa shape index (κ1) is 11.4. The SMILES string of the molecule is CCn1ncc(OC)c1C(O)CNC1CC1. The number of methoxy groups -OCH3 is 1. The third kappa shape index (κ3) is 2.36. The number of aryl methyl sites for hydroxylation is 1. The molecule has 0 bridgehead atoms. The van der Waals surface area contributed by atoms with Gasteiger partial charge in [-0.15, -0.1) is 0 Å². The van der Waals surface area contributed by atoms with Gasteiger partial charge in [-0.05, 0) is 19.8 Å². The molecule has 90 valence electrons. The molecule has 1 aliphatic rings. The lowest BCUT2D eigenvalue weighted by Gasteiger charge is -2.14. The van der Waals surface area contributed by atoms with Gasteiger partial charge in [0, 0.05) is 19.1 Å². The zero-order chi connectivity index (χ0) is 11.5.